The lowest BCUT2D eigenvalue weighted by Gasteiger charge is -2.43. The van der Waals surface area contributed by atoms with E-state index in [-0.39, 0.29) is 35.7 Å². The number of rotatable bonds is 8. The number of epoxide rings is 1. The smallest absolute Gasteiger partial charge is 0.330 e. The van der Waals surface area contributed by atoms with E-state index in [9.17, 15) is 24.9 Å². The third-order valence-corrected chi connectivity index (χ3v) is 10.6. The lowest BCUT2D eigenvalue weighted by molar-refractivity contribution is -0.312. The number of cyclic esters (lactones) is 1. The van der Waals surface area contributed by atoms with Crippen molar-refractivity contribution in [3.05, 3.63) is 24.3 Å². The molecule has 14 heteroatoms. The van der Waals surface area contributed by atoms with Gasteiger partial charge in [0.25, 0.3) is 0 Å². The Kier molecular flexibility index (Phi) is 14.2. The van der Waals surface area contributed by atoms with Gasteiger partial charge in [0, 0.05) is 38.2 Å². The van der Waals surface area contributed by atoms with Gasteiger partial charge in [-0.2, -0.15) is 0 Å². The van der Waals surface area contributed by atoms with Crippen molar-refractivity contribution < 1.29 is 62.8 Å². The molecule has 0 aromatic rings. The average molecular weight is 714 g/mol. The minimum atomic E-state index is -1.87. The van der Waals surface area contributed by atoms with Crippen molar-refractivity contribution in [3.8, 4) is 0 Å². The maximum atomic E-state index is 13.3. The van der Waals surface area contributed by atoms with E-state index in [4.69, 9.17) is 37.9 Å². The standard InChI is InChI=1S/C36H59NO13/c1-18-11-14-27(39)48-23(6)36(42,17-45-35-32(44-10)31(43-9)28(40)22(5)47-35)33-26(49-33)13-12-25(38)19(2)15-20(3)30(18)50-34-29(41)24(37(7)8)16-21(4)46-34/h11-14,18-24,26,28-35,40-42H,15-17H2,1-10H3/b13-12+,14-11+/t18-,19+,20-,21+,22+,23+,24-,26+,28+,29+,30+,31+,32+,33+,34-,35+,36-/m0/s1. The first-order chi connectivity index (χ1) is 23.5. The quantitative estimate of drug-likeness (QED) is 0.243. The van der Waals surface area contributed by atoms with Crippen molar-refractivity contribution in [2.24, 2.45) is 17.8 Å². The minimum Gasteiger partial charge on any atom is -0.456 e. The van der Waals surface area contributed by atoms with Gasteiger partial charge in [-0.05, 0) is 65.8 Å². The number of likely N-dealkylation sites (N-methyl/N-ethyl adjacent to an activating group) is 1. The van der Waals surface area contributed by atoms with Crippen LogP contribution in [0.25, 0.3) is 0 Å². The molecule has 14 nitrogen and oxygen atoms in total. The number of esters is 1. The van der Waals surface area contributed by atoms with E-state index in [1.54, 1.807) is 19.1 Å². The third kappa shape index (κ3) is 9.39. The summed E-state index contributed by atoms with van der Waals surface area (Å²) in [5.41, 5.74) is -1.87. The molecule has 3 N–H and O–H groups in total. The van der Waals surface area contributed by atoms with E-state index in [0.29, 0.717) is 12.8 Å². The first kappa shape index (κ1) is 40.9. The van der Waals surface area contributed by atoms with Gasteiger partial charge in [0.05, 0.1) is 24.9 Å². The lowest BCUT2D eigenvalue weighted by atomic mass is 9.84. The van der Waals surface area contributed by atoms with Crippen LogP contribution in [-0.2, 0) is 47.5 Å². The first-order valence-corrected chi connectivity index (χ1v) is 17.7. The van der Waals surface area contributed by atoms with Crippen molar-refractivity contribution in [1.29, 1.82) is 0 Å². The maximum absolute atomic E-state index is 13.3. The van der Waals surface area contributed by atoms with Gasteiger partial charge in [0.15, 0.2) is 24.0 Å². The summed E-state index contributed by atoms with van der Waals surface area (Å²) in [7, 11) is 6.69. The number of fused-ring (bicyclic) bond motifs is 1. The van der Waals surface area contributed by atoms with Crippen LogP contribution in [0.2, 0.25) is 0 Å². The van der Waals surface area contributed by atoms with Gasteiger partial charge in [-0.15, -0.1) is 0 Å². The van der Waals surface area contributed by atoms with E-state index in [1.807, 2.05) is 46.7 Å². The van der Waals surface area contributed by atoms with E-state index in [1.165, 1.54) is 33.3 Å². The Hall–Kier alpha value is -1.82. The van der Waals surface area contributed by atoms with Crippen LogP contribution in [0.4, 0.5) is 0 Å². The number of carbonyl (C=O) groups is 2. The molecule has 0 spiro atoms. The Labute approximate surface area is 295 Å². The zero-order valence-corrected chi connectivity index (χ0v) is 31.0. The van der Waals surface area contributed by atoms with Crippen LogP contribution in [0.1, 0.15) is 54.4 Å². The Bertz CT molecular complexity index is 1200. The van der Waals surface area contributed by atoms with Crippen molar-refractivity contribution in [2.45, 2.75) is 140 Å². The van der Waals surface area contributed by atoms with Gasteiger partial charge >= 0.3 is 5.97 Å². The second kappa shape index (κ2) is 17.3. The van der Waals surface area contributed by atoms with E-state index in [0.717, 1.165) is 0 Å². The monoisotopic (exact) mass is 713 g/mol. The van der Waals surface area contributed by atoms with Crippen LogP contribution in [0.3, 0.4) is 0 Å². The summed E-state index contributed by atoms with van der Waals surface area (Å²) >= 11 is 0. The number of allylic oxidation sites excluding steroid dienone is 1. The number of nitrogens with zero attached hydrogens (tertiary/aromatic N) is 1. The van der Waals surface area contributed by atoms with Gasteiger partial charge < -0.3 is 58.1 Å². The van der Waals surface area contributed by atoms with Crippen LogP contribution in [0.15, 0.2) is 24.3 Å². The van der Waals surface area contributed by atoms with Gasteiger partial charge in [-0.3, -0.25) is 4.79 Å². The van der Waals surface area contributed by atoms with Crippen LogP contribution in [0, 0.1) is 17.8 Å². The predicted octanol–water partition coefficient (Wildman–Crippen LogP) is 1.37. The highest BCUT2D eigenvalue weighted by Crippen LogP contribution is 2.39. The SMILES string of the molecule is CO[C@@H]1[C@H](O)[C@@H](C)O[C@@H](OC[C@@]2(O)[C@@H]3O[C@@H]3/C=C/C(=O)[C@H](C)C[C@H](C)[C@H](O[C@@H]3O[C@H](C)C[C@H](N(C)C)[C@H]3O)[C@@H](C)/C=C/C(=O)O[C@@H]2C)[C@@H]1OC. The molecule has 4 aliphatic heterocycles. The number of aliphatic hydroxyl groups excluding tert-OH is 2. The van der Waals surface area contributed by atoms with Gasteiger partial charge in [0.1, 0.15) is 42.7 Å². The molecule has 3 fully saturated rings. The number of ether oxygens (including phenoxy) is 8. The lowest BCUT2D eigenvalue weighted by Crippen LogP contribution is -2.60. The molecular weight excluding hydrogens is 654 g/mol. The molecule has 0 saturated carbocycles. The highest BCUT2D eigenvalue weighted by Gasteiger charge is 2.58. The highest BCUT2D eigenvalue weighted by molar-refractivity contribution is 5.91. The van der Waals surface area contributed by atoms with Gasteiger partial charge in [-0.25, -0.2) is 4.79 Å². The molecule has 50 heavy (non-hydrogen) atoms. The summed E-state index contributed by atoms with van der Waals surface area (Å²) in [6.45, 7) is 10.5. The molecule has 0 aromatic carbocycles. The number of hydrogen-bond donors (Lipinski definition) is 3. The number of aliphatic hydroxyl groups is 3. The van der Waals surface area contributed by atoms with Crippen molar-refractivity contribution in [2.75, 3.05) is 34.9 Å². The first-order valence-electron chi connectivity index (χ1n) is 17.7. The summed E-state index contributed by atoms with van der Waals surface area (Å²) in [5, 5.41) is 33.8. The Balaban J connectivity index is 1.57. The molecule has 4 rings (SSSR count). The number of hydrogen-bond acceptors (Lipinski definition) is 14. The second-order valence-corrected chi connectivity index (χ2v) is 14.8. The van der Waals surface area contributed by atoms with Crippen molar-refractivity contribution in [3.63, 3.8) is 0 Å². The Morgan fingerprint density at radius 3 is 2.18 bits per heavy atom. The third-order valence-electron chi connectivity index (χ3n) is 10.6. The molecule has 0 amide bonds. The second-order valence-electron chi connectivity index (χ2n) is 14.8. The Morgan fingerprint density at radius 1 is 0.860 bits per heavy atom. The number of carbonyl (C=O) groups excluding carboxylic acids is 2. The van der Waals surface area contributed by atoms with Crippen LogP contribution < -0.4 is 0 Å². The molecule has 4 heterocycles. The van der Waals surface area contributed by atoms with E-state index in [2.05, 4.69) is 0 Å². The van der Waals surface area contributed by atoms with Crippen LogP contribution in [-0.4, -0.2) is 152 Å². The average Bonchev–Trinajstić information content (AvgIpc) is 3.86. The van der Waals surface area contributed by atoms with Gasteiger partial charge in [-0.1, -0.05) is 26.8 Å². The summed E-state index contributed by atoms with van der Waals surface area (Å²) in [6, 6.07) is -0.171. The van der Waals surface area contributed by atoms with E-state index >= 15 is 0 Å². The fraction of sp³-hybridized carbons (Fsp3) is 0.833. The zero-order chi connectivity index (χ0) is 37.1. The molecule has 286 valence electrons. The summed E-state index contributed by atoms with van der Waals surface area (Å²) < 4.78 is 47.0. The maximum Gasteiger partial charge on any atom is 0.330 e. The largest absolute Gasteiger partial charge is 0.456 e. The molecule has 0 aliphatic carbocycles. The zero-order valence-electron chi connectivity index (χ0n) is 31.0. The Morgan fingerprint density at radius 2 is 1.54 bits per heavy atom. The summed E-state index contributed by atoms with van der Waals surface area (Å²) in [6.07, 6.45) is -2.27. The van der Waals surface area contributed by atoms with Crippen LogP contribution >= 0.6 is 0 Å². The molecule has 0 bridgehead atoms. The molecular formula is C36H59NO13. The summed E-state index contributed by atoms with van der Waals surface area (Å²) in [5.74, 6) is -1.73. The molecule has 0 aromatic heterocycles. The minimum absolute atomic E-state index is 0.119. The van der Waals surface area contributed by atoms with Gasteiger partial charge in [0.2, 0.25) is 0 Å². The normalized spacial score (nSPS) is 47.7. The summed E-state index contributed by atoms with van der Waals surface area (Å²) in [4.78, 5) is 28.5. The number of ketones is 1. The van der Waals surface area contributed by atoms with E-state index < -0.39 is 85.7 Å². The van der Waals surface area contributed by atoms with Crippen molar-refractivity contribution >= 4 is 11.8 Å². The fourth-order valence-corrected chi connectivity index (χ4v) is 7.36. The molecule has 0 unspecified atom stereocenters. The fourth-order valence-electron chi connectivity index (χ4n) is 7.36. The molecule has 0 radical (unpaired) electrons. The number of methoxy groups -OCH3 is 2. The predicted molar refractivity (Wildman–Crippen MR) is 180 cm³/mol. The van der Waals surface area contributed by atoms with Crippen molar-refractivity contribution in [1.82, 2.24) is 4.90 Å². The highest BCUT2D eigenvalue weighted by atomic mass is 16.7. The molecule has 17 atom stereocenters. The van der Waals surface area contributed by atoms with Crippen LogP contribution in [0.5, 0.6) is 0 Å². The topological polar surface area (TPSA) is 175 Å². The molecule has 3 saturated heterocycles. The molecule has 4 aliphatic rings.